The summed E-state index contributed by atoms with van der Waals surface area (Å²) in [5, 5.41) is 3.68. The monoisotopic (exact) mass is 316 g/mol. The van der Waals surface area contributed by atoms with Crippen LogP contribution >= 0.6 is 11.6 Å². The van der Waals surface area contributed by atoms with Crippen molar-refractivity contribution in [1.82, 2.24) is 5.32 Å². The molecule has 5 nitrogen and oxygen atoms in total. The van der Waals surface area contributed by atoms with Gasteiger partial charge in [-0.15, -0.1) is 0 Å². The number of amides is 1. The molecule has 3 N–H and O–H groups in total. The number of hydrogen-bond acceptors (Lipinski definition) is 4. The molecule has 0 spiro atoms. The van der Waals surface area contributed by atoms with Gasteiger partial charge in [0.1, 0.15) is 0 Å². The summed E-state index contributed by atoms with van der Waals surface area (Å²) in [4.78, 5) is 11.0. The first kappa shape index (κ1) is 15.3. The maximum absolute atomic E-state index is 11.5. The van der Waals surface area contributed by atoms with Crippen molar-refractivity contribution >= 4 is 27.3 Å². The predicted molar refractivity (Wildman–Crippen MR) is 78.5 cm³/mol. The fourth-order valence-electron chi connectivity index (χ4n) is 2.30. The zero-order valence-corrected chi connectivity index (χ0v) is 12.7. The summed E-state index contributed by atoms with van der Waals surface area (Å²) in [6.07, 6.45) is 0.590. The summed E-state index contributed by atoms with van der Waals surface area (Å²) in [7, 11) is -2.94. The summed E-state index contributed by atoms with van der Waals surface area (Å²) in [6, 6.07) is 4.86. The Balaban J connectivity index is 2.07. The SMILES string of the molecule is CC1(NCc2ccc(C(N)=O)cc2Cl)CCS(=O)(=O)C1. The lowest BCUT2D eigenvalue weighted by molar-refractivity contribution is 0.1000. The molecule has 1 fully saturated rings. The van der Waals surface area contributed by atoms with Gasteiger partial charge in [0.25, 0.3) is 0 Å². The third kappa shape index (κ3) is 3.50. The first-order valence-corrected chi connectivity index (χ1v) is 8.44. The maximum Gasteiger partial charge on any atom is 0.248 e. The lowest BCUT2D eigenvalue weighted by atomic mass is 10.0. The third-order valence-electron chi connectivity index (χ3n) is 3.55. The molecule has 1 aromatic rings. The van der Waals surface area contributed by atoms with Crippen molar-refractivity contribution in [2.75, 3.05) is 11.5 Å². The molecule has 1 aliphatic heterocycles. The molecule has 0 bridgehead atoms. The minimum Gasteiger partial charge on any atom is -0.366 e. The highest BCUT2D eigenvalue weighted by Crippen LogP contribution is 2.24. The van der Waals surface area contributed by atoms with Crippen molar-refractivity contribution in [1.29, 1.82) is 0 Å². The van der Waals surface area contributed by atoms with Crippen LogP contribution in [0.5, 0.6) is 0 Å². The van der Waals surface area contributed by atoms with Gasteiger partial charge in [-0.25, -0.2) is 8.42 Å². The summed E-state index contributed by atoms with van der Waals surface area (Å²) in [5.74, 6) is -0.178. The highest BCUT2D eigenvalue weighted by atomic mass is 35.5. The Labute approximate surface area is 123 Å². The standard InChI is InChI=1S/C13H17ClN2O3S/c1-13(4-5-20(18,19)8-13)16-7-10-3-2-9(12(15)17)6-11(10)14/h2-3,6,16H,4-5,7-8H2,1H3,(H2,15,17). The number of carbonyl (C=O) groups is 1. The van der Waals surface area contributed by atoms with E-state index in [4.69, 9.17) is 17.3 Å². The number of primary amides is 1. The van der Waals surface area contributed by atoms with Gasteiger partial charge in [-0.3, -0.25) is 4.79 Å². The van der Waals surface area contributed by atoms with Gasteiger partial charge in [0, 0.05) is 22.7 Å². The zero-order valence-electron chi connectivity index (χ0n) is 11.1. The maximum atomic E-state index is 11.5. The average molecular weight is 317 g/mol. The Morgan fingerprint density at radius 3 is 2.70 bits per heavy atom. The number of benzene rings is 1. The van der Waals surface area contributed by atoms with Crippen LogP contribution in [0, 0.1) is 0 Å². The number of hydrogen-bond donors (Lipinski definition) is 2. The molecule has 1 saturated heterocycles. The second-order valence-corrected chi connectivity index (χ2v) is 8.02. The minimum absolute atomic E-state index is 0.136. The molecule has 1 unspecified atom stereocenters. The molecule has 0 radical (unpaired) electrons. The molecule has 110 valence electrons. The molecule has 0 saturated carbocycles. The van der Waals surface area contributed by atoms with Crippen LogP contribution in [-0.4, -0.2) is 31.4 Å². The Bertz CT molecular complexity index is 645. The van der Waals surface area contributed by atoms with Gasteiger partial charge >= 0.3 is 0 Å². The van der Waals surface area contributed by atoms with Crippen molar-refractivity contribution in [3.63, 3.8) is 0 Å². The fourth-order valence-corrected chi connectivity index (χ4v) is 4.67. The highest BCUT2D eigenvalue weighted by Gasteiger charge is 2.37. The van der Waals surface area contributed by atoms with Crippen molar-refractivity contribution in [3.8, 4) is 0 Å². The molecule has 1 heterocycles. The topological polar surface area (TPSA) is 89.3 Å². The summed E-state index contributed by atoms with van der Waals surface area (Å²) in [5.41, 5.74) is 5.91. The number of nitrogens with two attached hydrogens (primary N) is 1. The molecule has 7 heteroatoms. The number of rotatable bonds is 4. The van der Waals surface area contributed by atoms with Gasteiger partial charge in [-0.05, 0) is 31.0 Å². The van der Waals surface area contributed by atoms with E-state index in [1.165, 1.54) is 6.07 Å². The summed E-state index contributed by atoms with van der Waals surface area (Å²) in [6.45, 7) is 2.34. The Morgan fingerprint density at radius 2 is 2.20 bits per heavy atom. The van der Waals surface area contributed by atoms with Gasteiger partial charge in [-0.2, -0.15) is 0 Å². The first-order valence-electron chi connectivity index (χ1n) is 6.24. The number of sulfone groups is 1. The van der Waals surface area contributed by atoms with E-state index in [2.05, 4.69) is 5.32 Å². The van der Waals surface area contributed by atoms with E-state index in [-0.39, 0.29) is 11.5 Å². The molecule has 20 heavy (non-hydrogen) atoms. The molecule has 1 atom stereocenters. The van der Waals surface area contributed by atoms with E-state index in [9.17, 15) is 13.2 Å². The van der Waals surface area contributed by atoms with Crippen LogP contribution in [0.3, 0.4) is 0 Å². The number of carbonyl (C=O) groups excluding carboxylic acids is 1. The largest absolute Gasteiger partial charge is 0.366 e. The molecular weight excluding hydrogens is 300 g/mol. The summed E-state index contributed by atoms with van der Waals surface area (Å²) >= 11 is 6.09. The van der Waals surface area contributed by atoms with Gasteiger partial charge in [0.15, 0.2) is 9.84 Å². The second-order valence-electron chi connectivity index (χ2n) is 5.43. The zero-order chi connectivity index (χ0) is 15.0. The van der Waals surface area contributed by atoms with E-state index in [0.717, 1.165) is 5.56 Å². The molecule has 2 rings (SSSR count). The first-order chi connectivity index (χ1) is 9.21. The van der Waals surface area contributed by atoms with Crippen molar-refractivity contribution in [2.45, 2.75) is 25.4 Å². The number of nitrogens with one attached hydrogen (secondary N) is 1. The minimum atomic E-state index is -2.94. The van der Waals surface area contributed by atoms with Crippen molar-refractivity contribution in [2.24, 2.45) is 5.73 Å². The van der Waals surface area contributed by atoms with E-state index < -0.39 is 21.3 Å². The van der Waals surface area contributed by atoms with Crippen LogP contribution in [0.1, 0.15) is 29.3 Å². The lowest BCUT2D eigenvalue weighted by Crippen LogP contribution is -2.42. The van der Waals surface area contributed by atoms with E-state index in [1.807, 2.05) is 6.92 Å². The average Bonchev–Trinajstić information content (AvgIpc) is 2.62. The van der Waals surface area contributed by atoms with E-state index in [1.54, 1.807) is 12.1 Å². The molecular formula is C13H17ClN2O3S. The van der Waals surface area contributed by atoms with Crippen LogP contribution in [0.2, 0.25) is 5.02 Å². The smallest absolute Gasteiger partial charge is 0.248 e. The normalized spacial score (nSPS) is 24.7. The van der Waals surface area contributed by atoms with Crippen molar-refractivity contribution < 1.29 is 13.2 Å². The second kappa shape index (κ2) is 5.35. The van der Waals surface area contributed by atoms with Crippen LogP contribution < -0.4 is 11.1 Å². The third-order valence-corrected chi connectivity index (χ3v) is 5.80. The van der Waals surface area contributed by atoms with Crippen LogP contribution in [0.25, 0.3) is 0 Å². The molecule has 0 aliphatic carbocycles. The predicted octanol–water partition coefficient (Wildman–Crippen LogP) is 1.11. The fraction of sp³-hybridized carbons (Fsp3) is 0.462. The van der Waals surface area contributed by atoms with Crippen LogP contribution in [-0.2, 0) is 16.4 Å². The molecule has 0 aromatic heterocycles. The van der Waals surface area contributed by atoms with Crippen molar-refractivity contribution in [3.05, 3.63) is 34.3 Å². The summed E-state index contributed by atoms with van der Waals surface area (Å²) < 4.78 is 23.1. The van der Waals surface area contributed by atoms with Crippen LogP contribution in [0.4, 0.5) is 0 Å². The quantitative estimate of drug-likeness (QED) is 0.870. The van der Waals surface area contributed by atoms with E-state index >= 15 is 0 Å². The highest BCUT2D eigenvalue weighted by molar-refractivity contribution is 7.91. The van der Waals surface area contributed by atoms with Gasteiger partial charge in [0.05, 0.1) is 11.5 Å². The molecule has 1 aliphatic rings. The van der Waals surface area contributed by atoms with Crippen LogP contribution in [0.15, 0.2) is 18.2 Å². The molecule has 1 amide bonds. The van der Waals surface area contributed by atoms with Gasteiger partial charge < -0.3 is 11.1 Å². The Kier molecular flexibility index (Phi) is 4.09. The Morgan fingerprint density at radius 1 is 1.50 bits per heavy atom. The Hall–Kier alpha value is -1.11. The van der Waals surface area contributed by atoms with E-state index in [0.29, 0.717) is 23.6 Å². The lowest BCUT2D eigenvalue weighted by Gasteiger charge is -2.24. The van der Waals surface area contributed by atoms with Gasteiger partial charge in [-0.1, -0.05) is 17.7 Å². The number of halogens is 1. The molecule has 1 aromatic carbocycles. The van der Waals surface area contributed by atoms with Gasteiger partial charge in [0.2, 0.25) is 5.91 Å².